The Balaban J connectivity index is 1.66. The number of pyridine rings is 1. The molecular formula is C22H19NO5. The summed E-state index contributed by atoms with van der Waals surface area (Å²) < 4.78 is 16.6. The van der Waals surface area contributed by atoms with Crippen LogP contribution in [0, 0.1) is 0 Å². The minimum absolute atomic E-state index is 0.240. The second-order valence-electron chi connectivity index (χ2n) is 6.71. The third-order valence-corrected chi connectivity index (χ3v) is 4.56. The number of esters is 1. The molecular weight excluding hydrogens is 358 g/mol. The van der Waals surface area contributed by atoms with Gasteiger partial charge in [-0.25, -0.2) is 9.78 Å². The molecule has 28 heavy (non-hydrogen) atoms. The standard InChI is InChI=1S/C22H19NO5/c1-22(25,13-27-21(24)14-8-4-3-5-9-14)18-12-16-19(26-2)15-10-6-7-11-17(15)23-20(16)28-18/h3-12,25H,13H2,1-2H3. The number of aromatic nitrogens is 1. The van der Waals surface area contributed by atoms with Crippen molar-refractivity contribution in [1.82, 2.24) is 4.98 Å². The zero-order valence-electron chi connectivity index (χ0n) is 15.5. The number of fused-ring (bicyclic) bond motifs is 2. The maximum atomic E-state index is 12.2. The highest BCUT2D eigenvalue weighted by Gasteiger charge is 2.31. The van der Waals surface area contributed by atoms with Gasteiger partial charge in [0.2, 0.25) is 5.71 Å². The van der Waals surface area contributed by atoms with Gasteiger partial charge < -0.3 is 19.0 Å². The average Bonchev–Trinajstić information content (AvgIpc) is 3.15. The first-order valence-corrected chi connectivity index (χ1v) is 8.81. The number of hydrogen-bond donors (Lipinski definition) is 1. The van der Waals surface area contributed by atoms with Gasteiger partial charge in [-0.1, -0.05) is 30.3 Å². The third-order valence-electron chi connectivity index (χ3n) is 4.56. The number of benzene rings is 2. The molecule has 0 radical (unpaired) electrons. The molecule has 0 amide bonds. The van der Waals surface area contributed by atoms with E-state index in [4.69, 9.17) is 13.9 Å². The molecule has 4 aromatic rings. The number of rotatable bonds is 5. The van der Waals surface area contributed by atoms with E-state index >= 15 is 0 Å². The first-order chi connectivity index (χ1) is 13.5. The number of carbonyl (C=O) groups excluding carboxylic acids is 1. The van der Waals surface area contributed by atoms with Gasteiger partial charge in [-0.05, 0) is 37.3 Å². The van der Waals surface area contributed by atoms with Crippen LogP contribution >= 0.6 is 0 Å². The zero-order valence-corrected chi connectivity index (χ0v) is 15.5. The van der Waals surface area contributed by atoms with Crippen LogP contribution in [0.2, 0.25) is 0 Å². The smallest absolute Gasteiger partial charge is 0.338 e. The van der Waals surface area contributed by atoms with Gasteiger partial charge in [0.05, 0.1) is 23.6 Å². The van der Waals surface area contributed by atoms with Gasteiger partial charge in [-0.3, -0.25) is 0 Å². The van der Waals surface area contributed by atoms with Crippen molar-refractivity contribution in [2.75, 3.05) is 13.7 Å². The summed E-state index contributed by atoms with van der Waals surface area (Å²) in [4.78, 5) is 16.7. The summed E-state index contributed by atoms with van der Waals surface area (Å²) in [5, 5.41) is 12.3. The zero-order chi connectivity index (χ0) is 19.7. The normalized spacial score (nSPS) is 13.4. The second kappa shape index (κ2) is 6.98. The van der Waals surface area contributed by atoms with Crippen LogP contribution in [0.3, 0.4) is 0 Å². The lowest BCUT2D eigenvalue weighted by Gasteiger charge is -2.20. The van der Waals surface area contributed by atoms with Gasteiger partial charge in [0, 0.05) is 5.39 Å². The van der Waals surface area contributed by atoms with E-state index in [2.05, 4.69) is 4.98 Å². The number of aliphatic hydroxyl groups is 1. The number of nitrogens with zero attached hydrogens (tertiary/aromatic N) is 1. The Kier molecular flexibility index (Phi) is 4.49. The molecule has 2 aromatic carbocycles. The van der Waals surface area contributed by atoms with Gasteiger partial charge in [0.15, 0.2) is 5.60 Å². The molecule has 6 heteroatoms. The lowest BCUT2D eigenvalue weighted by molar-refractivity contribution is -0.0354. The molecule has 0 spiro atoms. The lowest BCUT2D eigenvalue weighted by atomic mass is 10.0. The van der Waals surface area contributed by atoms with Crippen molar-refractivity contribution in [1.29, 1.82) is 0 Å². The third kappa shape index (κ3) is 3.18. The average molecular weight is 377 g/mol. The van der Waals surface area contributed by atoms with E-state index < -0.39 is 11.6 Å². The fourth-order valence-electron chi connectivity index (χ4n) is 3.06. The van der Waals surface area contributed by atoms with E-state index in [1.807, 2.05) is 30.3 Å². The van der Waals surface area contributed by atoms with Crippen molar-refractivity contribution < 1.29 is 23.8 Å². The van der Waals surface area contributed by atoms with Crippen LogP contribution in [0.15, 0.2) is 65.1 Å². The van der Waals surface area contributed by atoms with E-state index in [-0.39, 0.29) is 12.4 Å². The van der Waals surface area contributed by atoms with Gasteiger partial charge in [0.25, 0.3) is 0 Å². The Labute approximate surface area is 161 Å². The largest absolute Gasteiger partial charge is 0.495 e. The number of carbonyl (C=O) groups is 1. The Morgan fingerprint density at radius 1 is 1.11 bits per heavy atom. The summed E-state index contributed by atoms with van der Waals surface area (Å²) >= 11 is 0. The number of methoxy groups -OCH3 is 1. The van der Waals surface area contributed by atoms with Crippen molar-refractivity contribution in [3.8, 4) is 5.75 Å². The predicted octanol–water partition coefficient (Wildman–Crippen LogP) is 4.05. The second-order valence-corrected chi connectivity index (χ2v) is 6.71. The fraction of sp³-hybridized carbons (Fsp3) is 0.182. The number of ether oxygens (including phenoxy) is 2. The van der Waals surface area contributed by atoms with E-state index in [9.17, 15) is 9.90 Å². The quantitative estimate of drug-likeness (QED) is 0.528. The van der Waals surface area contributed by atoms with Crippen molar-refractivity contribution in [3.63, 3.8) is 0 Å². The van der Waals surface area contributed by atoms with Crippen LogP contribution in [-0.2, 0) is 10.3 Å². The molecule has 0 saturated carbocycles. The van der Waals surface area contributed by atoms with Gasteiger partial charge in [0.1, 0.15) is 18.1 Å². The fourth-order valence-corrected chi connectivity index (χ4v) is 3.06. The summed E-state index contributed by atoms with van der Waals surface area (Å²) in [5.41, 5.74) is -0.0388. The van der Waals surface area contributed by atoms with E-state index in [1.54, 1.807) is 37.4 Å². The highest BCUT2D eigenvalue weighted by Crippen LogP contribution is 2.37. The predicted molar refractivity (Wildman–Crippen MR) is 104 cm³/mol. The van der Waals surface area contributed by atoms with Crippen molar-refractivity contribution in [2.45, 2.75) is 12.5 Å². The molecule has 0 aliphatic heterocycles. The Bertz CT molecular complexity index is 1150. The van der Waals surface area contributed by atoms with Crippen LogP contribution in [0.25, 0.3) is 22.0 Å². The molecule has 1 N–H and O–H groups in total. The van der Waals surface area contributed by atoms with Crippen LogP contribution in [0.4, 0.5) is 0 Å². The van der Waals surface area contributed by atoms with Gasteiger partial charge in [-0.2, -0.15) is 0 Å². The molecule has 0 fully saturated rings. The minimum atomic E-state index is -1.53. The molecule has 0 aliphatic carbocycles. The molecule has 6 nitrogen and oxygen atoms in total. The highest BCUT2D eigenvalue weighted by molar-refractivity contribution is 5.99. The lowest BCUT2D eigenvalue weighted by Crippen LogP contribution is -2.28. The minimum Gasteiger partial charge on any atom is -0.495 e. The Hall–Kier alpha value is -3.38. The van der Waals surface area contributed by atoms with Crippen LogP contribution in [0.1, 0.15) is 23.0 Å². The topological polar surface area (TPSA) is 81.8 Å². The van der Waals surface area contributed by atoms with Gasteiger partial charge in [-0.15, -0.1) is 0 Å². The van der Waals surface area contributed by atoms with E-state index in [1.165, 1.54) is 6.92 Å². The Morgan fingerprint density at radius 2 is 1.82 bits per heavy atom. The maximum absolute atomic E-state index is 12.2. The van der Waals surface area contributed by atoms with Crippen LogP contribution in [-0.4, -0.2) is 29.8 Å². The molecule has 2 aromatic heterocycles. The van der Waals surface area contributed by atoms with Crippen LogP contribution < -0.4 is 4.74 Å². The van der Waals surface area contributed by atoms with Crippen LogP contribution in [0.5, 0.6) is 5.75 Å². The summed E-state index contributed by atoms with van der Waals surface area (Å²) in [6.45, 7) is 1.26. The molecule has 2 heterocycles. The molecule has 4 rings (SSSR count). The van der Waals surface area contributed by atoms with Gasteiger partial charge >= 0.3 is 5.97 Å². The van der Waals surface area contributed by atoms with Crippen molar-refractivity contribution in [3.05, 3.63) is 72.0 Å². The Morgan fingerprint density at radius 3 is 2.57 bits per heavy atom. The molecule has 0 saturated heterocycles. The highest BCUT2D eigenvalue weighted by atomic mass is 16.5. The van der Waals surface area contributed by atoms with Crippen molar-refractivity contribution >= 4 is 28.0 Å². The molecule has 0 aliphatic rings. The molecule has 1 unspecified atom stereocenters. The molecule has 0 bridgehead atoms. The summed E-state index contributed by atoms with van der Waals surface area (Å²) in [7, 11) is 1.58. The molecule has 1 atom stereocenters. The van der Waals surface area contributed by atoms with E-state index in [0.29, 0.717) is 22.4 Å². The number of para-hydroxylation sites is 1. The number of furan rings is 1. The first-order valence-electron chi connectivity index (χ1n) is 8.81. The summed E-state index contributed by atoms with van der Waals surface area (Å²) in [6, 6.07) is 17.8. The molecule has 142 valence electrons. The van der Waals surface area contributed by atoms with Crippen molar-refractivity contribution in [2.24, 2.45) is 0 Å². The summed E-state index contributed by atoms with van der Waals surface area (Å²) in [6.07, 6.45) is 0. The SMILES string of the molecule is COc1c2ccccc2nc2oc(C(C)(O)COC(=O)c3ccccc3)cc12. The maximum Gasteiger partial charge on any atom is 0.338 e. The first kappa shape index (κ1) is 18.0. The van der Waals surface area contributed by atoms with E-state index in [0.717, 1.165) is 10.9 Å². The number of hydrogen-bond acceptors (Lipinski definition) is 6. The summed E-state index contributed by atoms with van der Waals surface area (Å²) in [5.74, 6) is 0.343. The monoisotopic (exact) mass is 377 g/mol.